The average Bonchev–Trinajstić information content (AvgIpc) is 2.25. The number of aliphatic carboxylic acids is 1. The predicted molar refractivity (Wildman–Crippen MR) is 59.7 cm³/mol. The normalized spacial score (nSPS) is 8.87. The van der Waals surface area contributed by atoms with Crippen molar-refractivity contribution in [1.82, 2.24) is 0 Å². The molecule has 1 aromatic rings. The Morgan fingerprint density at radius 1 is 1.33 bits per heavy atom. The van der Waals surface area contributed by atoms with E-state index in [1.165, 1.54) is 0 Å². The topological polar surface area (TPSA) is 40.5 Å². The Labute approximate surface area is 89.3 Å². The third kappa shape index (κ3) is 4.19. The molecule has 0 aliphatic carbocycles. The highest BCUT2D eigenvalue weighted by atomic mass is 16.4. The minimum Gasteiger partial charge on any atom is -0.481 e. The van der Waals surface area contributed by atoms with Crippen molar-refractivity contribution in [3.63, 3.8) is 0 Å². The van der Waals surface area contributed by atoms with Gasteiger partial charge in [-0.15, -0.1) is 0 Å². The number of rotatable bonds is 3. The maximum Gasteiger partial charge on any atom is 0.315 e. The summed E-state index contributed by atoms with van der Waals surface area (Å²) >= 11 is 0. The number of carbonyl (C=O) groups is 1. The van der Waals surface area contributed by atoms with Gasteiger partial charge in [-0.1, -0.05) is 30.0 Å². The van der Waals surface area contributed by atoms with Gasteiger partial charge in [0.25, 0.3) is 0 Å². The number of benzene rings is 1. The van der Waals surface area contributed by atoms with Crippen LogP contribution >= 0.6 is 0 Å². The molecule has 78 valence electrons. The fourth-order valence-electron chi connectivity index (χ4n) is 1.09. The largest absolute Gasteiger partial charge is 0.481 e. The van der Waals surface area contributed by atoms with Crippen LogP contribution < -0.4 is 4.90 Å². The zero-order valence-electron chi connectivity index (χ0n) is 8.60. The predicted octanol–water partition coefficient (Wildman–Crippen LogP) is 1.60. The summed E-state index contributed by atoms with van der Waals surface area (Å²) in [4.78, 5) is 12.2. The molecule has 15 heavy (non-hydrogen) atoms. The molecule has 0 spiro atoms. The highest BCUT2D eigenvalue weighted by Crippen LogP contribution is 2.09. The van der Waals surface area contributed by atoms with Crippen LogP contribution in [0.25, 0.3) is 0 Å². The van der Waals surface area contributed by atoms with Gasteiger partial charge in [0.05, 0.1) is 6.54 Å². The van der Waals surface area contributed by atoms with Crippen LogP contribution in [0.3, 0.4) is 0 Å². The maximum absolute atomic E-state index is 10.2. The first kappa shape index (κ1) is 11.1. The van der Waals surface area contributed by atoms with Gasteiger partial charge in [0.1, 0.15) is 6.42 Å². The minimum absolute atomic E-state index is 0.0946. The van der Waals surface area contributed by atoms with Crippen molar-refractivity contribution < 1.29 is 9.90 Å². The van der Waals surface area contributed by atoms with E-state index in [2.05, 4.69) is 11.8 Å². The highest BCUT2D eigenvalue weighted by molar-refractivity contribution is 5.69. The Balaban J connectivity index is 2.45. The molecule has 0 radical (unpaired) electrons. The SMILES string of the molecule is CN(CC#CCC(=O)O)c1ccccc1. The van der Waals surface area contributed by atoms with Gasteiger partial charge in [0.2, 0.25) is 0 Å². The summed E-state index contributed by atoms with van der Waals surface area (Å²) in [5.74, 6) is 4.52. The molecule has 0 aromatic heterocycles. The fourth-order valence-corrected chi connectivity index (χ4v) is 1.09. The monoisotopic (exact) mass is 203 g/mol. The van der Waals surface area contributed by atoms with Crippen LogP contribution in [0.5, 0.6) is 0 Å². The van der Waals surface area contributed by atoms with E-state index < -0.39 is 5.97 Å². The van der Waals surface area contributed by atoms with Gasteiger partial charge in [0, 0.05) is 12.7 Å². The number of anilines is 1. The number of hydrogen-bond acceptors (Lipinski definition) is 2. The lowest BCUT2D eigenvalue weighted by Gasteiger charge is -2.15. The Bertz CT molecular complexity index is 376. The number of nitrogens with zero attached hydrogens (tertiary/aromatic N) is 1. The van der Waals surface area contributed by atoms with Crippen molar-refractivity contribution in [1.29, 1.82) is 0 Å². The zero-order chi connectivity index (χ0) is 11.1. The summed E-state index contributed by atoms with van der Waals surface area (Å²) in [6, 6.07) is 9.83. The molecule has 0 unspecified atom stereocenters. The number of hydrogen-bond donors (Lipinski definition) is 1. The van der Waals surface area contributed by atoms with Crippen LogP contribution in [0, 0.1) is 11.8 Å². The summed E-state index contributed by atoms with van der Waals surface area (Å²) in [5.41, 5.74) is 1.07. The molecule has 0 saturated carbocycles. The molecule has 0 saturated heterocycles. The van der Waals surface area contributed by atoms with Crippen LogP contribution in [0.15, 0.2) is 30.3 Å². The van der Waals surface area contributed by atoms with Crippen molar-refractivity contribution in [2.24, 2.45) is 0 Å². The first-order valence-electron chi connectivity index (χ1n) is 4.64. The van der Waals surface area contributed by atoms with Crippen molar-refractivity contribution >= 4 is 11.7 Å². The molecule has 0 heterocycles. The summed E-state index contributed by atoms with van der Waals surface area (Å²) < 4.78 is 0. The van der Waals surface area contributed by atoms with Gasteiger partial charge in [-0.2, -0.15) is 0 Å². The second kappa shape index (κ2) is 5.71. The Morgan fingerprint density at radius 2 is 2.00 bits per heavy atom. The van der Waals surface area contributed by atoms with E-state index in [9.17, 15) is 4.79 Å². The third-order valence-electron chi connectivity index (χ3n) is 1.88. The quantitative estimate of drug-likeness (QED) is 0.758. The van der Waals surface area contributed by atoms with E-state index in [-0.39, 0.29) is 6.42 Å². The summed E-state index contributed by atoms with van der Waals surface area (Å²) in [7, 11) is 1.92. The van der Waals surface area contributed by atoms with Gasteiger partial charge >= 0.3 is 5.97 Å². The second-order valence-electron chi connectivity index (χ2n) is 3.12. The lowest BCUT2D eigenvalue weighted by molar-refractivity contribution is -0.135. The van der Waals surface area contributed by atoms with E-state index in [0.29, 0.717) is 6.54 Å². The zero-order valence-corrected chi connectivity index (χ0v) is 8.60. The Hall–Kier alpha value is -1.95. The highest BCUT2D eigenvalue weighted by Gasteiger charge is 1.95. The van der Waals surface area contributed by atoms with Crippen LogP contribution in [0.1, 0.15) is 6.42 Å². The smallest absolute Gasteiger partial charge is 0.315 e. The number of carboxylic acids is 1. The van der Waals surface area contributed by atoms with Crippen molar-refractivity contribution in [2.75, 3.05) is 18.5 Å². The number of para-hydroxylation sites is 1. The summed E-state index contributed by atoms with van der Waals surface area (Å²) in [6.45, 7) is 0.539. The molecular formula is C12H13NO2. The van der Waals surface area contributed by atoms with Gasteiger partial charge in [-0.25, -0.2) is 0 Å². The van der Waals surface area contributed by atoms with Crippen molar-refractivity contribution in [3.8, 4) is 11.8 Å². The first-order valence-corrected chi connectivity index (χ1v) is 4.64. The van der Waals surface area contributed by atoms with Crippen LogP contribution in [0.4, 0.5) is 5.69 Å². The van der Waals surface area contributed by atoms with E-state index in [0.717, 1.165) is 5.69 Å². The molecule has 0 amide bonds. The van der Waals surface area contributed by atoms with Crippen LogP contribution in [0.2, 0.25) is 0 Å². The summed E-state index contributed by atoms with van der Waals surface area (Å²) in [5, 5.41) is 8.38. The van der Waals surface area contributed by atoms with E-state index in [1.807, 2.05) is 42.3 Å². The molecule has 0 atom stereocenters. The van der Waals surface area contributed by atoms with E-state index in [1.54, 1.807) is 0 Å². The lowest BCUT2D eigenvalue weighted by Crippen LogP contribution is -2.16. The van der Waals surface area contributed by atoms with Crippen molar-refractivity contribution in [3.05, 3.63) is 30.3 Å². The van der Waals surface area contributed by atoms with Gasteiger partial charge in [-0.05, 0) is 12.1 Å². The molecule has 3 nitrogen and oxygen atoms in total. The maximum atomic E-state index is 10.2. The van der Waals surface area contributed by atoms with Crippen molar-refractivity contribution in [2.45, 2.75) is 6.42 Å². The molecule has 1 N–H and O–H groups in total. The number of carboxylic acid groups (broad SMARTS) is 1. The third-order valence-corrected chi connectivity index (χ3v) is 1.88. The molecular weight excluding hydrogens is 190 g/mol. The van der Waals surface area contributed by atoms with Gasteiger partial charge in [-0.3, -0.25) is 4.79 Å². The van der Waals surface area contributed by atoms with Gasteiger partial charge in [0.15, 0.2) is 0 Å². The Kier molecular flexibility index (Phi) is 4.24. The van der Waals surface area contributed by atoms with Crippen LogP contribution in [-0.2, 0) is 4.79 Å². The molecule has 1 aromatic carbocycles. The van der Waals surface area contributed by atoms with Crippen LogP contribution in [-0.4, -0.2) is 24.7 Å². The molecule has 3 heteroatoms. The summed E-state index contributed by atoms with van der Waals surface area (Å²) in [6.07, 6.45) is -0.0946. The Morgan fingerprint density at radius 3 is 2.60 bits per heavy atom. The molecule has 0 bridgehead atoms. The molecule has 0 aliphatic rings. The standard InChI is InChI=1S/C12H13NO2/c1-13(10-6-5-9-12(14)15)11-7-3-2-4-8-11/h2-4,7-8H,9-10H2,1H3,(H,14,15). The minimum atomic E-state index is -0.884. The van der Waals surface area contributed by atoms with Gasteiger partial charge < -0.3 is 10.0 Å². The first-order chi connectivity index (χ1) is 7.20. The molecule has 0 fully saturated rings. The molecule has 0 aliphatic heterocycles. The lowest BCUT2D eigenvalue weighted by atomic mass is 10.3. The fraction of sp³-hybridized carbons (Fsp3) is 0.250. The van der Waals surface area contributed by atoms with E-state index >= 15 is 0 Å². The molecule has 1 rings (SSSR count). The second-order valence-corrected chi connectivity index (χ2v) is 3.12. The average molecular weight is 203 g/mol. The van der Waals surface area contributed by atoms with E-state index in [4.69, 9.17) is 5.11 Å².